The van der Waals surface area contributed by atoms with Gasteiger partial charge in [-0.15, -0.1) is 0 Å². The molecule has 1 aromatic rings. The molecule has 1 rings (SSSR count). The lowest BCUT2D eigenvalue weighted by atomic mass is 10.7. The van der Waals surface area contributed by atoms with Gasteiger partial charge in [-0.3, -0.25) is 0 Å². The Bertz CT molecular complexity index is 152. The highest BCUT2D eigenvalue weighted by molar-refractivity contribution is 4.68. The Balaban J connectivity index is 2.83. The normalized spacial score (nSPS) is 8.62. The maximum Gasteiger partial charge on any atom is 0.324 e. The van der Waals surface area contributed by atoms with Gasteiger partial charge in [0.2, 0.25) is 0 Å². The van der Waals surface area contributed by atoms with Gasteiger partial charge >= 0.3 is 6.33 Å². The van der Waals surface area contributed by atoms with Crippen molar-refractivity contribution in [2.45, 2.75) is 0 Å². The van der Waals surface area contributed by atoms with E-state index in [1.807, 2.05) is 0 Å². The van der Waals surface area contributed by atoms with Gasteiger partial charge in [0.1, 0.15) is 19.5 Å². The van der Waals surface area contributed by atoms with Gasteiger partial charge in [0, 0.05) is 6.07 Å². The third-order valence-corrected chi connectivity index (χ3v) is 0.796. The average Bonchev–Trinajstić information content (AvgIpc) is 1.90. The third kappa shape index (κ3) is 0.932. The molecule has 0 bridgehead atoms. The predicted molar refractivity (Wildman–Crippen MR) is 26.9 cm³/mol. The first-order valence-electron chi connectivity index (χ1n) is 2.29. The first-order chi connectivity index (χ1) is 3.93. The molecule has 0 N–H and O–H groups in total. The molecule has 0 saturated heterocycles. The molecule has 0 aliphatic carbocycles. The van der Waals surface area contributed by atoms with Crippen LogP contribution in [0.1, 0.15) is 0 Å². The molecule has 0 saturated carbocycles. The van der Waals surface area contributed by atoms with Gasteiger partial charge < -0.3 is 4.84 Å². The Morgan fingerprint density at radius 3 is 2.88 bits per heavy atom. The zero-order valence-corrected chi connectivity index (χ0v) is 4.61. The second-order valence-corrected chi connectivity index (χ2v) is 1.30. The van der Waals surface area contributed by atoms with Crippen molar-refractivity contribution in [2.75, 3.05) is 7.11 Å². The van der Waals surface area contributed by atoms with Crippen molar-refractivity contribution in [3.8, 4) is 0 Å². The lowest BCUT2D eigenvalue weighted by Gasteiger charge is -1.88. The quantitative estimate of drug-likeness (QED) is 0.453. The van der Waals surface area contributed by atoms with E-state index in [0.717, 1.165) is 0 Å². The van der Waals surface area contributed by atoms with Crippen molar-refractivity contribution in [2.24, 2.45) is 0 Å². The number of hydrogen-bond acceptors (Lipinski definition) is 2. The lowest BCUT2D eigenvalue weighted by Crippen LogP contribution is -2.39. The Morgan fingerprint density at radius 2 is 2.50 bits per heavy atom. The van der Waals surface area contributed by atoms with E-state index in [9.17, 15) is 0 Å². The fourth-order valence-electron chi connectivity index (χ4n) is 0.424. The Kier molecular flexibility index (Phi) is 1.42. The average molecular weight is 111 g/mol. The van der Waals surface area contributed by atoms with Crippen LogP contribution in [-0.2, 0) is 0 Å². The van der Waals surface area contributed by atoms with Crippen LogP contribution < -0.4 is 9.57 Å². The summed E-state index contributed by atoms with van der Waals surface area (Å²) >= 11 is 0. The second kappa shape index (κ2) is 2.26. The summed E-state index contributed by atoms with van der Waals surface area (Å²) in [6.45, 7) is 0. The van der Waals surface area contributed by atoms with Gasteiger partial charge in [0.25, 0.3) is 0 Å². The summed E-state index contributed by atoms with van der Waals surface area (Å²) in [5.74, 6) is 0. The van der Waals surface area contributed by atoms with Gasteiger partial charge in [0.05, 0.1) is 0 Å². The molecular formula is C5H7N2O+. The Hall–Kier alpha value is -1.12. The van der Waals surface area contributed by atoms with Gasteiger partial charge in [0.15, 0.2) is 0 Å². The monoisotopic (exact) mass is 111 g/mol. The van der Waals surface area contributed by atoms with Crippen molar-refractivity contribution in [3.05, 3.63) is 24.8 Å². The van der Waals surface area contributed by atoms with Crippen LogP contribution in [0.3, 0.4) is 0 Å². The number of hydrogen-bond donors (Lipinski definition) is 0. The van der Waals surface area contributed by atoms with Crippen LogP contribution in [0.5, 0.6) is 0 Å². The topological polar surface area (TPSA) is 26.0 Å². The third-order valence-electron chi connectivity index (χ3n) is 0.796. The molecular weight excluding hydrogens is 104 g/mol. The molecule has 0 spiro atoms. The molecule has 0 fully saturated rings. The summed E-state index contributed by atoms with van der Waals surface area (Å²) < 4.78 is 1.51. The van der Waals surface area contributed by atoms with Crippen molar-refractivity contribution >= 4 is 0 Å². The fourth-order valence-corrected chi connectivity index (χ4v) is 0.424. The van der Waals surface area contributed by atoms with Crippen molar-refractivity contribution in [1.82, 2.24) is 4.98 Å². The van der Waals surface area contributed by atoms with Gasteiger partial charge in [-0.2, -0.15) is 0 Å². The highest BCUT2D eigenvalue weighted by atomic mass is 16.6. The van der Waals surface area contributed by atoms with Crippen LogP contribution in [0, 0.1) is 0 Å². The molecule has 0 radical (unpaired) electrons. The molecule has 0 aliphatic rings. The molecule has 42 valence electrons. The summed E-state index contributed by atoms with van der Waals surface area (Å²) in [6, 6.07) is 1.80. The van der Waals surface area contributed by atoms with E-state index in [2.05, 4.69) is 4.98 Å². The van der Waals surface area contributed by atoms with E-state index in [-0.39, 0.29) is 0 Å². The first-order valence-corrected chi connectivity index (χ1v) is 2.29. The predicted octanol–water partition coefficient (Wildman–Crippen LogP) is -0.573. The molecule has 0 aromatic carbocycles. The standard InChI is InChI=1S/C5H7N2O/c1-8-7-4-2-3-6-5-7/h2-5H,1H3/q+1. The highest BCUT2D eigenvalue weighted by Crippen LogP contribution is 1.65. The number of aromatic nitrogens is 2. The summed E-state index contributed by atoms with van der Waals surface area (Å²) in [5, 5.41) is 0. The molecule has 1 heterocycles. The zero-order chi connectivity index (χ0) is 5.82. The summed E-state index contributed by atoms with van der Waals surface area (Å²) in [4.78, 5) is 8.56. The van der Waals surface area contributed by atoms with E-state index in [1.165, 1.54) is 4.73 Å². The minimum Gasteiger partial charge on any atom is -0.339 e. The van der Waals surface area contributed by atoms with E-state index >= 15 is 0 Å². The van der Waals surface area contributed by atoms with Gasteiger partial charge in [-0.1, -0.05) is 9.71 Å². The molecule has 0 aliphatic heterocycles. The molecule has 3 heteroatoms. The SMILES string of the molecule is CO[n+]1cccnc1. The fraction of sp³-hybridized carbons (Fsp3) is 0.200. The largest absolute Gasteiger partial charge is 0.339 e. The van der Waals surface area contributed by atoms with Crippen LogP contribution >= 0.6 is 0 Å². The van der Waals surface area contributed by atoms with Crippen molar-refractivity contribution in [1.29, 1.82) is 0 Å². The van der Waals surface area contributed by atoms with E-state index < -0.39 is 0 Å². The van der Waals surface area contributed by atoms with Crippen LogP contribution in [0.15, 0.2) is 24.8 Å². The van der Waals surface area contributed by atoms with Crippen LogP contribution in [0.2, 0.25) is 0 Å². The summed E-state index contributed by atoms with van der Waals surface area (Å²) in [5.41, 5.74) is 0. The molecule has 0 amide bonds. The van der Waals surface area contributed by atoms with Crippen molar-refractivity contribution in [3.63, 3.8) is 0 Å². The van der Waals surface area contributed by atoms with Crippen LogP contribution in [0.4, 0.5) is 0 Å². The van der Waals surface area contributed by atoms with Gasteiger partial charge in [-0.05, 0) is 0 Å². The highest BCUT2D eigenvalue weighted by Gasteiger charge is 1.87. The Labute approximate surface area is 47.5 Å². The van der Waals surface area contributed by atoms with Gasteiger partial charge in [-0.25, -0.2) is 0 Å². The summed E-state index contributed by atoms with van der Waals surface area (Å²) in [7, 11) is 1.58. The second-order valence-electron chi connectivity index (χ2n) is 1.30. The molecule has 1 aromatic heterocycles. The smallest absolute Gasteiger partial charge is 0.324 e. The maximum atomic E-state index is 4.77. The van der Waals surface area contributed by atoms with Crippen LogP contribution in [0.25, 0.3) is 0 Å². The number of rotatable bonds is 1. The lowest BCUT2D eigenvalue weighted by molar-refractivity contribution is -0.887. The minimum absolute atomic E-state index is 1.51. The molecule has 0 atom stereocenters. The number of nitrogens with zero attached hydrogens (tertiary/aromatic N) is 2. The minimum atomic E-state index is 1.51. The van der Waals surface area contributed by atoms with Crippen molar-refractivity contribution < 1.29 is 9.57 Å². The molecule has 3 nitrogen and oxygen atoms in total. The molecule has 0 unspecified atom stereocenters. The first kappa shape index (κ1) is 5.03. The zero-order valence-electron chi connectivity index (χ0n) is 4.61. The van der Waals surface area contributed by atoms with E-state index in [4.69, 9.17) is 4.84 Å². The maximum absolute atomic E-state index is 4.77. The van der Waals surface area contributed by atoms with Crippen LogP contribution in [-0.4, -0.2) is 12.1 Å². The van der Waals surface area contributed by atoms with E-state index in [0.29, 0.717) is 0 Å². The molecule has 8 heavy (non-hydrogen) atoms. The van der Waals surface area contributed by atoms with E-state index in [1.54, 1.807) is 31.9 Å². The summed E-state index contributed by atoms with van der Waals surface area (Å²) in [6.07, 6.45) is 5.04. The Morgan fingerprint density at radius 1 is 1.62 bits per heavy atom.